The summed E-state index contributed by atoms with van der Waals surface area (Å²) in [6.07, 6.45) is 0.711. The third kappa shape index (κ3) is 3.82. The normalized spacial score (nSPS) is 12.0. The summed E-state index contributed by atoms with van der Waals surface area (Å²) in [5, 5.41) is 4.00. The fourth-order valence-corrected chi connectivity index (χ4v) is 2.91. The van der Waals surface area contributed by atoms with Crippen molar-refractivity contribution in [3.63, 3.8) is 0 Å². The summed E-state index contributed by atoms with van der Waals surface area (Å²) in [5.41, 5.74) is 1.91. The second kappa shape index (κ2) is 7.95. The number of urea groups is 1. The zero-order valence-electron chi connectivity index (χ0n) is 15.4. The van der Waals surface area contributed by atoms with Gasteiger partial charge in [0.15, 0.2) is 0 Å². The van der Waals surface area contributed by atoms with Gasteiger partial charge in [-0.05, 0) is 37.1 Å². The van der Waals surface area contributed by atoms with Gasteiger partial charge in [-0.1, -0.05) is 36.4 Å². The number of para-hydroxylation sites is 2. The molecular weight excluding hydrogens is 328 g/mol. The Bertz CT molecular complexity index is 855. The Kier molecular flexibility index (Phi) is 5.46. The summed E-state index contributed by atoms with van der Waals surface area (Å²) in [6, 6.07) is 17.4. The van der Waals surface area contributed by atoms with E-state index in [9.17, 15) is 4.79 Å². The molecule has 0 aliphatic carbocycles. The molecule has 1 N–H and O–H groups in total. The van der Waals surface area contributed by atoms with Crippen LogP contribution in [0, 0.1) is 0 Å². The molecule has 0 bridgehead atoms. The number of hydrogen-bond acceptors (Lipinski definition) is 3. The van der Waals surface area contributed by atoms with Crippen molar-refractivity contribution in [1.29, 1.82) is 0 Å². The number of nitrogens with one attached hydrogen (secondary N) is 1. The number of amides is 2. The summed E-state index contributed by atoms with van der Waals surface area (Å²) >= 11 is 0. The number of ether oxygens (including phenoxy) is 1. The number of methoxy groups -OCH3 is 1. The van der Waals surface area contributed by atoms with E-state index in [0.717, 1.165) is 28.0 Å². The van der Waals surface area contributed by atoms with Gasteiger partial charge >= 0.3 is 6.03 Å². The summed E-state index contributed by atoms with van der Waals surface area (Å²) < 4.78 is 11.2. The Labute approximate surface area is 153 Å². The van der Waals surface area contributed by atoms with Gasteiger partial charge in [0.1, 0.15) is 17.1 Å². The predicted molar refractivity (Wildman–Crippen MR) is 102 cm³/mol. The predicted octanol–water partition coefficient (Wildman–Crippen LogP) is 4.39. The van der Waals surface area contributed by atoms with E-state index in [4.69, 9.17) is 9.15 Å². The monoisotopic (exact) mass is 352 g/mol. The minimum absolute atomic E-state index is 0.132. The number of fused-ring (bicyclic) bond motifs is 1. The minimum atomic E-state index is -0.159. The summed E-state index contributed by atoms with van der Waals surface area (Å²) in [5.74, 6) is 1.61. The van der Waals surface area contributed by atoms with E-state index >= 15 is 0 Å². The van der Waals surface area contributed by atoms with Crippen LogP contribution in [0.3, 0.4) is 0 Å². The molecule has 1 aromatic heterocycles. The molecule has 5 nitrogen and oxygen atoms in total. The van der Waals surface area contributed by atoms with Gasteiger partial charge in [0, 0.05) is 19.0 Å². The molecule has 0 aliphatic heterocycles. The molecule has 26 heavy (non-hydrogen) atoms. The highest BCUT2D eigenvalue weighted by Gasteiger charge is 2.20. The van der Waals surface area contributed by atoms with E-state index in [1.54, 1.807) is 19.1 Å². The van der Waals surface area contributed by atoms with Crippen LogP contribution >= 0.6 is 0 Å². The largest absolute Gasteiger partial charge is 0.496 e. The number of nitrogens with zero attached hydrogens (tertiary/aromatic N) is 1. The van der Waals surface area contributed by atoms with Crippen LogP contribution in [0.1, 0.15) is 24.3 Å². The van der Waals surface area contributed by atoms with Crippen molar-refractivity contribution < 1.29 is 13.9 Å². The second-order valence-electron chi connectivity index (χ2n) is 6.27. The molecule has 2 amide bonds. The molecule has 5 heteroatoms. The molecule has 0 radical (unpaired) electrons. The van der Waals surface area contributed by atoms with Gasteiger partial charge in [-0.25, -0.2) is 4.79 Å². The Balaban J connectivity index is 1.58. The second-order valence-corrected chi connectivity index (χ2v) is 6.27. The van der Waals surface area contributed by atoms with Gasteiger partial charge in [0.25, 0.3) is 0 Å². The molecule has 0 saturated carbocycles. The van der Waals surface area contributed by atoms with Crippen molar-refractivity contribution in [2.45, 2.75) is 19.4 Å². The van der Waals surface area contributed by atoms with Crippen LogP contribution in [-0.4, -0.2) is 31.6 Å². The van der Waals surface area contributed by atoms with Crippen LogP contribution in [0.4, 0.5) is 4.79 Å². The maximum atomic E-state index is 12.5. The molecule has 0 fully saturated rings. The first-order chi connectivity index (χ1) is 12.6. The Morgan fingerprint density at radius 3 is 2.69 bits per heavy atom. The van der Waals surface area contributed by atoms with Gasteiger partial charge in [-0.2, -0.15) is 0 Å². The first-order valence-electron chi connectivity index (χ1n) is 8.71. The molecule has 3 aromatic rings. The molecule has 2 aromatic carbocycles. The van der Waals surface area contributed by atoms with Crippen molar-refractivity contribution in [3.05, 3.63) is 65.9 Å². The number of carbonyl (C=O) groups excluding carboxylic acids is 1. The fraction of sp³-hybridized carbons (Fsp3) is 0.286. The van der Waals surface area contributed by atoms with E-state index in [-0.39, 0.29) is 12.1 Å². The highest BCUT2D eigenvalue weighted by molar-refractivity contribution is 5.78. The molecule has 0 saturated heterocycles. The maximum Gasteiger partial charge on any atom is 0.317 e. The lowest BCUT2D eigenvalue weighted by atomic mass is 10.1. The number of furan rings is 1. The Hall–Kier alpha value is -2.95. The average molecular weight is 352 g/mol. The van der Waals surface area contributed by atoms with Crippen LogP contribution in [0.25, 0.3) is 11.0 Å². The van der Waals surface area contributed by atoms with E-state index in [2.05, 4.69) is 5.32 Å². The summed E-state index contributed by atoms with van der Waals surface area (Å²) in [4.78, 5) is 14.1. The quantitative estimate of drug-likeness (QED) is 0.716. The van der Waals surface area contributed by atoms with Crippen molar-refractivity contribution >= 4 is 17.0 Å². The number of rotatable bonds is 6. The highest BCUT2D eigenvalue weighted by Crippen LogP contribution is 2.26. The molecular formula is C21H24N2O3. The zero-order valence-corrected chi connectivity index (χ0v) is 15.4. The number of hydrogen-bond donors (Lipinski definition) is 1. The lowest BCUT2D eigenvalue weighted by Gasteiger charge is -2.23. The lowest BCUT2D eigenvalue weighted by molar-refractivity contribution is 0.188. The average Bonchev–Trinajstić information content (AvgIpc) is 3.11. The van der Waals surface area contributed by atoms with Crippen LogP contribution < -0.4 is 10.1 Å². The summed E-state index contributed by atoms with van der Waals surface area (Å²) in [6.45, 7) is 2.49. The molecule has 0 aliphatic rings. The topological polar surface area (TPSA) is 54.7 Å². The summed E-state index contributed by atoms with van der Waals surface area (Å²) in [7, 11) is 3.43. The lowest BCUT2D eigenvalue weighted by Crippen LogP contribution is -2.39. The van der Waals surface area contributed by atoms with Crippen molar-refractivity contribution in [2.24, 2.45) is 0 Å². The van der Waals surface area contributed by atoms with Gasteiger partial charge in [-0.3, -0.25) is 0 Å². The van der Waals surface area contributed by atoms with Crippen molar-refractivity contribution in [3.8, 4) is 5.75 Å². The van der Waals surface area contributed by atoms with E-state index in [1.807, 2.05) is 61.5 Å². The number of benzene rings is 2. The Morgan fingerprint density at radius 2 is 1.92 bits per heavy atom. The van der Waals surface area contributed by atoms with Crippen molar-refractivity contribution in [1.82, 2.24) is 10.2 Å². The third-order valence-corrected chi connectivity index (χ3v) is 4.62. The van der Waals surface area contributed by atoms with E-state index in [0.29, 0.717) is 13.0 Å². The molecule has 136 valence electrons. The smallest absolute Gasteiger partial charge is 0.317 e. The van der Waals surface area contributed by atoms with E-state index < -0.39 is 0 Å². The van der Waals surface area contributed by atoms with Crippen LogP contribution in [0.5, 0.6) is 5.75 Å². The van der Waals surface area contributed by atoms with Gasteiger partial charge in [0.2, 0.25) is 0 Å². The maximum absolute atomic E-state index is 12.5. The van der Waals surface area contributed by atoms with Crippen LogP contribution in [0.2, 0.25) is 0 Å². The highest BCUT2D eigenvalue weighted by atomic mass is 16.5. The first kappa shape index (κ1) is 17.9. The van der Waals surface area contributed by atoms with Crippen molar-refractivity contribution in [2.75, 3.05) is 20.7 Å². The molecule has 1 heterocycles. The zero-order chi connectivity index (χ0) is 18.5. The SMILES string of the molecule is COc1ccccc1CCNC(=O)N(C)C(C)c1cc2ccccc2o1. The third-order valence-electron chi connectivity index (χ3n) is 4.62. The molecule has 1 unspecified atom stereocenters. The Morgan fingerprint density at radius 1 is 1.19 bits per heavy atom. The standard InChI is InChI=1S/C21H24N2O3/c1-15(20-14-17-9-5-7-11-19(17)26-20)23(2)21(24)22-13-12-16-8-4-6-10-18(16)25-3/h4-11,14-15H,12-13H2,1-3H3,(H,22,24). The number of carbonyl (C=O) groups is 1. The van der Waals surface area contributed by atoms with Crippen LogP contribution in [-0.2, 0) is 6.42 Å². The van der Waals surface area contributed by atoms with E-state index in [1.165, 1.54) is 0 Å². The van der Waals surface area contributed by atoms with Gasteiger partial charge in [0.05, 0.1) is 13.2 Å². The fourth-order valence-electron chi connectivity index (χ4n) is 2.91. The molecule has 1 atom stereocenters. The van der Waals surface area contributed by atoms with Gasteiger partial charge < -0.3 is 19.4 Å². The van der Waals surface area contributed by atoms with Crippen LogP contribution in [0.15, 0.2) is 59.0 Å². The minimum Gasteiger partial charge on any atom is -0.496 e. The molecule has 3 rings (SSSR count). The van der Waals surface area contributed by atoms with Gasteiger partial charge in [-0.15, -0.1) is 0 Å². The first-order valence-corrected chi connectivity index (χ1v) is 8.71. The molecule has 0 spiro atoms.